The molecule has 8 nitrogen and oxygen atoms in total. The highest BCUT2D eigenvalue weighted by Crippen LogP contribution is 2.37. The molecule has 1 amide bonds. The van der Waals surface area contributed by atoms with Gasteiger partial charge in [0, 0.05) is 42.0 Å². The number of anilines is 1. The lowest BCUT2D eigenvalue weighted by Crippen LogP contribution is -2.58. The normalized spacial score (nSPS) is 17.3. The maximum Gasteiger partial charge on any atom is 0.355 e. The van der Waals surface area contributed by atoms with Crippen molar-refractivity contribution in [3.63, 3.8) is 0 Å². The van der Waals surface area contributed by atoms with Gasteiger partial charge in [-0.25, -0.2) is 18.7 Å². The summed E-state index contributed by atoms with van der Waals surface area (Å²) in [5.41, 5.74) is 2.01. The van der Waals surface area contributed by atoms with E-state index >= 15 is 4.39 Å². The van der Waals surface area contributed by atoms with Crippen LogP contribution in [-0.4, -0.2) is 55.5 Å². The fourth-order valence-corrected chi connectivity index (χ4v) is 5.95. The number of aromatic nitrogens is 4. The Labute approximate surface area is 253 Å². The van der Waals surface area contributed by atoms with Crippen LogP contribution < -0.4 is 10.6 Å². The minimum atomic E-state index is -0.563. The third kappa shape index (κ3) is 5.16. The monoisotopic (exact) mass is 608 g/mol. The Bertz CT molecular complexity index is 1790. The molecule has 1 aliphatic rings. The Kier molecular flexibility index (Phi) is 8.09. The van der Waals surface area contributed by atoms with E-state index in [2.05, 4.69) is 16.5 Å². The SMILES string of the molecule is C=CC(=O)N1C[C@H](C)N(c2nc(=O)n(-c3c(C)ccnc3C(C)C)c3nc(-c4cc(Cl)ccc4F)c(Cl)cc23)C[C@H]1C. The van der Waals surface area contributed by atoms with Crippen LogP contribution >= 0.6 is 23.2 Å². The van der Waals surface area contributed by atoms with Crippen molar-refractivity contribution in [1.29, 1.82) is 0 Å². The lowest BCUT2D eigenvalue weighted by molar-refractivity contribution is -0.128. The highest BCUT2D eigenvalue weighted by molar-refractivity contribution is 6.34. The fourth-order valence-electron chi connectivity index (χ4n) is 5.52. The summed E-state index contributed by atoms with van der Waals surface area (Å²) >= 11 is 13.0. The molecular weight excluding hydrogens is 578 g/mol. The van der Waals surface area contributed by atoms with Gasteiger partial charge in [-0.15, -0.1) is 0 Å². The van der Waals surface area contributed by atoms with E-state index in [0.717, 1.165) is 5.56 Å². The highest BCUT2D eigenvalue weighted by atomic mass is 35.5. The summed E-state index contributed by atoms with van der Waals surface area (Å²) in [6.07, 6.45) is 3.00. The van der Waals surface area contributed by atoms with Gasteiger partial charge < -0.3 is 9.80 Å². The molecule has 0 saturated carbocycles. The molecule has 218 valence electrons. The Morgan fingerprint density at radius 1 is 1.12 bits per heavy atom. The zero-order valence-electron chi connectivity index (χ0n) is 24.0. The molecular formula is C31H31Cl2FN6O2. The zero-order chi connectivity index (χ0) is 30.5. The van der Waals surface area contributed by atoms with Gasteiger partial charge in [0.15, 0.2) is 5.65 Å². The molecule has 4 heterocycles. The van der Waals surface area contributed by atoms with Gasteiger partial charge in [0.1, 0.15) is 11.6 Å². The van der Waals surface area contributed by atoms with E-state index in [0.29, 0.717) is 40.7 Å². The highest BCUT2D eigenvalue weighted by Gasteiger charge is 2.34. The van der Waals surface area contributed by atoms with E-state index in [1.807, 2.05) is 45.6 Å². The Morgan fingerprint density at radius 3 is 2.55 bits per heavy atom. The average Bonchev–Trinajstić information content (AvgIpc) is 2.95. The van der Waals surface area contributed by atoms with E-state index in [9.17, 15) is 9.59 Å². The number of benzene rings is 1. The first-order valence-electron chi connectivity index (χ1n) is 13.7. The van der Waals surface area contributed by atoms with E-state index in [1.54, 1.807) is 17.2 Å². The largest absolute Gasteiger partial charge is 0.355 e. The van der Waals surface area contributed by atoms with Gasteiger partial charge >= 0.3 is 5.69 Å². The van der Waals surface area contributed by atoms with Gasteiger partial charge in [-0.1, -0.05) is 43.6 Å². The molecule has 0 spiro atoms. The molecule has 5 rings (SSSR count). The number of halogens is 3. The maximum atomic E-state index is 15.1. The summed E-state index contributed by atoms with van der Waals surface area (Å²) in [4.78, 5) is 44.2. The number of carbonyl (C=O) groups excluding carboxylic acids is 1. The minimum Gasteiger partial charge on any atom is -0.349 e. The number of piperazine rings is 1. The van der Waals surface area contributed by atoms with Crippen molar-refractivity contribution in [3.05, 3.63) is 86.8 Å². The molecule has 3 aromatic heterocycles. The van der Waals surface area contributed by atoms with Crippen LogP contribution in [-0.2, 0) is 4.79 Å². The number of nitrogens with zero attached hydrogens (tertiary/aromatic N) is 6. The summed E-state index contributed by atoms with van der Waals surface area (Å²) in [7, 11) is 0. The van der Waals surface area contributed by atoms with Crippen molar-refractivity contribution < 1.29 is 9.18 Å². The Hall–Kier alpha value is -3.82. The summed E-state index contributed by atoms with van der Waals surface area (Å²) in [6.45, 7) is 14.2. The first-order chi connectivity index (χ1) is 19.9. The zero-order valence-corrected chi connectivity index (χ0v) is 25.5. The number of amides is 1. The maximum absolute atomic E-state index is 15.1. The third-order valence-corrected chi connectivity index (χ3v) is 8.15. The number of carbonyl (C=O) groups is 1. The molecule has 0 radical (unpaired) electrons. The lowest BCUT2D eigenvalue weighted by atomic mass is 10.0. The van der Waals surface area contributed by atoms with E-state index in [-0.39, 0.29) is 45.8 Å². The molecule has 11 heteroatoms. The average molecular weight is 610 g/mol. The van der Waals surface area contributed by atoms with E-state index in [4.69, 9.17) is 28.2 Å². The van der Waals surface area contributed by atoms with Gasteiger partial charge in [0.2, 0.25) is 5.91 Å². The molecule has 0 bridgehead atoms. The van der Waals surface area contributed by atoms with Crippen LogP contribution in [0.2, 0.25) is 10.0 Å². The van der Waals surface area contributed by atoms with Crippen LogP contribution in [0.25, 0.3) is 28.0 Å². The molecule has 2 atom stereocenters. The van der Waals surface area contributed by atoms with Crippen molar-refractivity contribution >= 4 is 46.0 Å². The number of rotatable bonds is 5. The number of fused-ring (bicyclic) bond motifs is 1. The van der Waals surface area contributed by atoms with Gasteiger partial charge in [-0.05, 0) is 68.7 Å². The second kappa shape index (κ2) is 11.5. The molecule has 1 aliphatic heterocycles. The van der Waals surface area contributed by atoms with Gasteiger partial charge in [-0.2, -0.15) is 4.98 Å². The Morgan fingerprint density at radius 2 is 1.86 bits per heavy atom. The Balaban J connectivity index is 1.84. The third-order valence-electron chi connectivity index (χ3n) is 7.63. The lowest BCUT2D eigenvalue weighted by Gasteiger charge is -2.44. The first kappa shape index (κ1) is 29.7. The first-order valence-corrected chi connectivity index (χ1v) is 14.4. The molecule has 0 unspecified atom stereocenters. The standard InChI is InChI=1S/C31H31Cl2FN6O2/c1-7-25(41)38-14-19(6)39(15-18(38)5)29-22-13-23(33)27(21-12-20(32)8-9-24(21)34)36-30(22)40(31(42)37-29)28-17(4)10-11-35-26(28)16(2)3/h7-13,16,18-19H,1,14-15H2,2-6H3/t18-,19+/m1/s1. The molecule has 42 heavy (non-hydrogen) atoms. The molecule has 0 aliphatic carbocycles. The topological polar surface area (TPSA) is 84.2 Å². The predicted octanol–water partition coefficient (Wildman–Crippen LogP) is 6.33. The molecule has 4 aromatic rings. The van der Waals surface area contributed by atoms with Gasteiger partial charge in [0.05, 0.1) is 27.5 Å². The second-order valence-electron chi connectivity index (χ2n) is 10.9. The molecule has 0 N–H and O–H groups in total. The van der Waals surface area contributed by atoms with Gasteiger partial charge in [0.25, 0.3) is 0 Å². The van der Waals surface area contributed by atoms with Crippen LogP contribution in [0.3, 0.4) is 0 Å². The predicted molar refractivity (Wildman–Crippen MR) is 165 cm³/mol. The van der Waals surface area contributed by atoms with E-state index < -0.39 is 11.5 Å². The van der Waals surface area contributed by atoms with Crippen LogP contribution in [0.5, 0.6) is 0 Å². The van der Waals surface area contributed by atoms with Crippen molar-refractivity contribution in [2.45, 2.75) is 52.6 Å². The summed E-state index contributed by atoms with van der Waals surface area (Å²) in [5, 5.41) is 0.994. The minimum absolute atomic E-state index is 0.0185. The van der Waals surface area contributed by atoms with Crippen LogP contribution in [0, 0.1) is 12.7 Å². The molecule has 1 fully saturated rings. The summed E-state index contributed by atoms with van der Waals surface area (Å²) in [6, 6.07) is 7.27. The molecule has 1 aromatic carbocycles. The van der Waals surface area contributed by atoms with Crippen molar-refractivity contribution in [2.24, 2.45) is 0 Å². The van der Waals surface area contributed by atoms with Gasteiger partial charge in [-0.3, -0.25) is 9.78 Å². The van der Waals surface area contributed by atoms with Crippen LogP contribution in [0.4, 0.5) is 10.2 Å². The van der Waals surface area contributed by atoms with Crippen LogP contribution in [0.15, 0.2) is 54.0 Å². The van der Waals surface area contributed by atoms with Crippen LogP contribution in [0.1, 0.15) is 44.9 Å². The summed E-state index contributed by atoms with van der Waals surface area (Å²) in [5.74, 6) is -0.345. The quantitative estimate of drug-likeness (QED) is 0.246. The fraction of sp³-hybridized carbons (Fsp3) is 0.323. The van der Waals surface area contributed by atoms with Crippen molar-refractivity contribution in [3.8, 4) is 16.9 Å². The number of pyridine rings is 2. The number of hydrogen-bond acceptors (Lipinski definition) is 6. The van der Waals surface area contributed by atoms with Crippen molar-refractivity contribution in [1.82, 2.24) is 24.4 Å². The number of aryl methyl sites for hydroxylation is 1. The van der Waals surface area contributed by atoms with Crippen molar-refractivity contribution in [2.75, 3.05) is 18.0 Å². The second-order valence-corrected chi connectivity index (χ2v) is 11.8. The van der Waals surface area contributed by atoms with E-state index in [1.165, 1.54) is 28.8 Å². The smallest absolute Gasteiger partial charge is 0.349 e. The number of hydrogen-bond donors (Lipinski definition) is 0. The summed E-state index contributed by atoms with van der Waals surface area (Å²) < 4.78 is 16.5. The molecule has 1 saturated heterocycles.